The summed E-state index contributed by atoms with van der Waals surface area (Å²) in [6.45, 7) is 2.59. The molecule has 2 aromatic carbocycles. The lowest BCUT2D eigenvalue weighted by molar-refractivity contribution is -0.122. The van der Waals surface area contributed by atoms with Crippen LogP contribution in [0.2, 0.25) is 0 Å². The lowest BCUT2D eigenvalue weighted by atomic mass is 10.0. The topological polar surface area (TPSA) is 58.4 Å². The van der Waals surface area contributed by atoms with Crippen molar-refractivity contribution in [3.63, 3.8) is 0 Å². The maximum absolute atomic E-state index is 12.3. The predicted molar refractivity (Wildman–Crippen MR) is 94.0 cm³/mol. The van der Waals surface area contributed by atoms with Gasteiger partial charge in [-0.05, 0) is 32.1 Å². The lowest BCUT2D eigenvalue weighted by Gasteiger charge is -2.26. The minimum Gasteiger partial charge on any atom is -0.353 e. The van der Waals surface area contributed by atoms with Crippen molar-refractivity contribution in [1.82, 2.24) is 10.2 Å². The summed E-state index contributed by atoms with van der Waals surface area (Å²) >= 11 is 0. The van der Waals surface area contributed by atoms with Crippen LogP contribution in [0, 0.1) is 6.92 Å². The molecule has 2 aromatic rings. The smallest absolute Gasteiger partial charge is 0.241 e. The molecule has 0 aliphatic rings. The van der Waals surface area contributed by atoms with Crippen molar-refractivity contribution in [2.24, 2.45) is 5.73 Å². The number of nitrogens with zero attached hydrogens (tertiary/aromatic N) is 1. The van der Waals surface area contributed by atoms with Crippen molar-refractivity contribution >= 4 is 5.91 Å². The van der Waals surface area contributed by atoms with E-state index in [0.717, 1.165) is 5.56 Å². The van der Waals surface area contributed by atoms with Crippen molar-refractivity contribution in [3.8, 4) is 0 Å². The highest BCUT2D eigenvalue weighted by atomic mass is 16.2. The molecule has 0 spiro atoms. The Morgan fingerprint density at radius 1 is 1.04 bits per heavy atom. The van der Waals surface area contributed by atoms with Gasteiger partial charge in [-0.1, -0.05) is 60.2 Å². The van der Waals surface area contributed by atoms with Gasteiger partial charge < -0.3 is 16.0 Å². The third-order valence-corrected chi connectivity index (χ3v) is 4.00. The Bertz CT molecular complexity index is 623. The van der Waals surface area contributed by atoms with Crippen LogP contribution >= 0.6 is 0 Å². The van der Waals surface area contributed by atoms with E-state index in [2.05, 4.69) is 41.4 Å². The minimum atomic E-state index is -0.642. The summed E-state index contributed by atoms with van der Waals surface area (Å²) in [5.74, 6) is -0.157. The molecule has 1 amide bonds. The van der Waals surface area contributed by atoms with Crippen LogP contribution in [0.4, 0.5) is 0 Å². The number of hydrogen-bond acceptors (Lipinski definition) is 3. The highest BCUT2D eigenvalue weighted by Gasteiger charge is 2.19. The van der Waals surface area contributed by atoms with Crippen LogP contribution in [-0.4, -0.2) is 31.4 Å². The number of carbonyl (C=O) groups is 1. The number of likely N-dealkylation sites (N-methyl/N-ethyl adjacent to an activating group) is 1. The van der Waals surface area contributed by atoms with Gasteiger partial charge in [-0.15, -0.1) is 0 Å². The number of aryl methyl sites for hydroxylation is 1. The van der Waals surface area contributed by atoms with Gasteiger partial charge in [0.15, 0.2) is 0 Å². The van der Waals surface area contributed by atoms with E-state index in [9.17, 15) is 4.79 Å². The van der Waals surface area contributed by atoms with Crippen LogP contribution in [0.25, 0.3) is 0 Å². The average Bonchev–Trinajstić information content (AvgIpc) is 2.56. The highest BCUT2D eigenvalue weighted by molar-refractivity contribution is 5.82. The number of carbonyl (C=O) groups excluding carboxylic acids is 1. The van der Waals surface area contributed by atoms with Crippen molar-refractivity contribution in [2.45, 2.75) is 19.0 Å². The first-order valence-electron chi connectivity index (χ1n) is 7.80. The van der Waals surface area contributed by atoms with Crippen molar-refractivity contribution in [3.05, 3.63) is 71.3 Å². The Hall–Kier alpha value is -2.17. The molecule has 0 radical (unpaired) electrons. The second kappa shape index (κ2) is 7.90. The van der Waals surface area contributed by atoms with Gasteiger partial charge in [-0.3, -0.25) is 4.79 Å². The SMILES string of the molecule is Cc1ccc(C(CNC(=O)C(N)c2ccccc2)N(C)C)cc1. The van der Waals surface area contributed by atoms with Crippen LogP contribution in [0.1, 0.15) is 28.8 Å². The molecule has 2 rings (SSSR count). The second-order valence-electron chi connectivity index (χ2n) is 6.02. The summed E-state index contributed by atoms with van der Waals surface area (Å²) in [6.07, 6.45) is 0. The van der Waals surface area contributed by atoms with E-state index >= 15 is 0 Å². The average molecular weight is 311 g/mol. The first-order valence-corrected chi connectivity index (χ1v) is 7.80. The van der Waals surface area contributed by atoms with E-state index in [-0.39, 0.29) is 11.9 Å². The summed E-state index contributed by atoms with van der Waals surface area (Å²) in [4.78, 5) is 14.4. The number of benzene rings is 2. The Balaban J connectivity index is 2.01. The second-order valence-corrected chi connectivity index (χ2v) is 6.02. The summed E-state index contributed by atoms with van der Waals surface area (Å²) in [5.41, 5.74) is 9.25. The first kappa shape index (κ1) is 17.2. The molecule has 23 heavy (non-hydrogen) atoms. The molecule has 3 N–H and O–H groups in total. The summed E-state index contributed by atoms with van der Waals surface area (Å²) < 4.78 is 0. The molecule has 4 heteroatoms. The third kappa shape index (κ3) is 4.65. The zero-order chi connectivity index (χ0) is 16.8. The van der Waals surface area contributed by atoms with Gasteiger partial charge in [0.1, 0.15) is 6.04 Å². The predicted octanol–water partition coefficient (Wildman–Crippen LogP) is 2.41. The Morgan fingerprint density at radius 3 is 2.22 bits per heavy atom. The highest BCUT2D eigenvalue weighted by Crippen LogP contribution is 2.18. The van der Waals surface area contributed by atoms with E-state index in [4.69, 9.17) is 5.73 Å². The molecular weight excluding hydrogens is 286 g/mol. The van der Waals surface area contributed by atoms with Gasteiger partial charge in [0.25, 0.3) is 0 Å². The lowest BCUT2D eigenvalue weighted by Crippen LogP contribution is -2.39. The molecular formula is C19H25N3O. The van der Waals surface area contributed by atoms with E-state index in [1.54, 1.807) is 0 Å². The monoisotopic (exact) mass is 311 g/mol. The maximum Gasteiger partial charge on any atom is 0.241 e. The Kier molecular flexibility index (Phi) is 5.90. The van der Waals surface area contributed by atoms with Gasteiger partial charge in [-0.25, -0.2) is 0 Å². The van der Waals surface area contributed by atoms with Crippen molar-refractivity contribution in [1.29, 1.82) is 0 Å². The molecule has 0 fully saturated rings. The molecule has 0 bridgehead atoms. The molecule has 2 unspecified atom stereocenters. The third-order valence-electron chi connectivity index (χ3n) is 4.00. The molecule has 122 valence electrons. The first-order chi connectivity index (χ1) is 11.0. The van der Waals surface area contributed by atoms with Crippen LogP contribution in [-0.2, 0) is 4.79 Å². The van der Waals surface area contributed by atoms with Gasteiger partial charge in [-0.2, -0.15) is 0 Å². The van der Waals surface area contributed by atoms with E-state index < -0.39 is 6.04 Å². The van der Waals surface area contributed by atoms with Crippen LogP contribution in [0.3, 0.4) is 0 Å². The quantitative estimate of drug-likeness (QED) is 0.861. The van der Waals surface area contributed by atoms with Gasteiger partial charge in [0.2, 0.25) is 5.91 Å². The van der Waals surface area contributed by atoms with Gasteiger partial charge in [0, 0.05) is 6.54 Å². The fourth-order valence-corrected chi connectivity index (χ4v) is 2.51. The number of amides is 1. The van der Waals surface area contributed by atoms with Crippen molar-refractivity contribution < 1.29 is 4.79 Å². The molecule has 0 aromatic heterocycles. The van der Waals surface area contributed by atoms with Gasteiger partial charge in [0.05, 0.1) is 6.04 Å². The van der Waals surface area contributed by atoms with Crippen LogP contribution < -0.4 is 11.1 Å². The molecule has 0 saturated carbocycles. The molecule has 2 atom stereocenters. The van der Waals surface area contributed by atoms with Gasteiger partial charge >= 0.3 is 0 Å². The van der Waals surface area contributed by atoms with E-state index in [1.807, 2.05) is 44.4 Å². The number of hydrogen-bond donors (Lipinski definition) is 2. The van der Waals surface area contributed by atoms with E-state index in [0.29, 0.717) is 6.54 Å². The zero-order valence-corrected chi connectivity index (χ0v) is 14.0. The fourth-order valence-electron chi connectivity index (χ4n) is 2.51. The fraction of sp³-hybridized carbons (Fsp3) is 0.316. The summed E-state index contributed by atoms with van der Waals surface area (Å²) in [5, 5.41) is 2.97. The number of nitrogens with two attached hydrogens (primary N) is 1. The Labute approximate surface area is 138 Å². The summed E-state index contributed by atoms with van der Waals surface area (Å²) in [7, 11) is 4.02. The molecule has 0 heterocycles. The number of rotatable bonds is 6. The molecule has 0 aliphatic heterocycles. The molecule has 0 saturated heterocycles. The van der Waals surface area contributed by atoms with Crippen LogP contribution in [0.15, 0.2) is 54.6 Å². The normalized spacial score (nSPS) is 13.6. The van der Waals surface area contributed by atoms with E-state index in [1.165, 1.54) is 11.1 Å². The van der Waals surface area contributed by atoms with Crippen molar-refractivity contribution in [2.75, 3.05) is 20.6 Å². The van der Waals surface area contributed by atoms with Crippen LogP contribution in [0.5, 0.6) is 0 Å². The molecule has 0 aliphatic carbocycles. The zero-order valence-electron chi connectivity index (χ0n) is 14.0. The Morgan fingerprint density at radius 2 is 1.65 bits per heavy atom. The largest absolute Gasteiger partial charge is 0.353 e. The molecule has 4 nitrogen and oxygen atoms in total. The maximum atomic E-state index is 12.3. The minimum absolute atomic E-state index is 0.113. The summed E-state index contributed by atoms with van der Waals surface area (Å²) in [6, 6.07) is 17.3. The number of nitrogens with one attached hydrogen (secondary N) is 1. The standard InChI is InChI=1S/C19H25N3O/c1-14-9-11-15(12-10-14)17(22(2)3)13-21-19(23)18(20)16-7-5-4-6-8-16/h4-12,17-18H,13,20H2,1-3H3,(H,21,23).